The maximum atomic E-state index is 11.3. The van der Waals surface area contributed by atoms with Gasteiger partial charge in [-0.2, -0.15) is 5.10 Å². The molecule has 1 aliphatic heterocycles. The first-order chi connectivity index (χ1) is 10.1. The fraction of sp³-hybridized carbons (Fsp3) is 0.0769. The summed E-state index contributed by atoms with van der Waals surface area (Å²) in [5.41, 5.74) is 0.874. The van der Waals surface area contributed by atoms with Gasteiger partial charge in [0.15, 0.2) is 5.76 Å². The Bertz CT molecular complexity index is 729. The van der Waals surface area contributed by atoms with Crippen LogP contribution in [0.2, 0.25) is 0 Å². The molecule has 3 amide bonds. The van der Waals surface area contributed by atoms with Crippen molar-refractivity contribution in [3.05, 3.63) is 40.8 Å². The van der Waals surface area contributed by atoms with Gasteiger partial charge in [-0.15, -0.1) is 0 Å². The van der Waals surface area contributed by atoms with Gasteiger partial charge in [0.1, 0.15) is 12.8 Å². The molecule has 1 fully saturated rings. The Balaban J connectivity index is 0.00000176. The second kappa shape index (κ2) is 7.19. The van der Waals surface area contributed by atoms with Gasteiger partial charge in [0, 0.05) is 39.6 Å². The van der Waals surface area contributed by atoms with Crippen molar-refractivity contribution in [3.63, 3.8) is 0 Å². The Labute approximate surface area is 156 Å². The molecule has 1 aliphatic rings. The number of halogens is 1. The maximum absolute atomic E-state index is 11.3. The second-order valence-electron chi connectivity index (χ2n) is 4.23. The molecule has 0 bridgehead atoms. The van der Waals surface area contributed by atoms with E-state index in [2.05, 4.69) is 31.3 Å². The number of nitrogens with one attached hydrogen (secondary N) is 1. The van der Waals surface area contributed by atoms with Crippen molar-refractivity contribution in [2.75, 3.05) is 6.54 Å². The number of hydrogen-bond donors (Lipinski definition) is 1. The van der Waals surface area contributed by atoms with Crippen molar-refractivity contribution in [2.45, 2.75) is 0 Å². The molecule has 0 saturated carbocycles. The average Bonchev–Trinajstić information content (AvgIpc) is 3.04. The van der Waals surface area contributed by atoms with Crippen LogP contribution in [0.25, 0.3) is 11.3 Å². The number of aromatic nitrogens is 1. The number of oxazole rings is 1. The van der Waals surface area contributed by atoms with E-state index in [0.717, 1.165) is 15.0 Å². The van der Waals surface area contributed by atoms with Crippen LogP contribution in [0.4, 0.5) is 4.79 Å². The molecule has 1 saturated heterocycles. The minimum atomic E-state index is -0.559. The predicted octanol–water partition coefficient (Wildman–Crippen LogP) is 1.61. The first kappa shape index (κ1) is 16.9. The van der Waals surface area contributed by atoms with Gasteiger partial charge in [-0.25, -0.2) is 14.8 Å². The van der Waals surface area contributed by atoms with Gasteiger partial charge < -0.3 is 4.42 Å². The van der Waals surface area contributed by atoms with Gasteiger partial charge in [0.05, 0.1) is 6.20 Å². The normalized spacial score (nSPS) is 14.3. The van der Waals surface area contributed by atoms with Crippen LogP contribution in [0.15, 0.2) is 44.5 Å². The second-order valence-corrected chi connectivity index (χ2v) is 5.14. The number of benzene rings is 1. The van der Waals surface area contributed by atoms with Crippen molar-refractivity contribution < 1.29 is 14.0 Å². The first-order valence-electron chi connectivity index (χ1n) is 5.99. The van der Waals surface area contributed by atoms with Gasteiger partial charge in [-0.1, -0.05) is 28.1 Å². The van der Waals surface area contributed by atoms with Crippen molar-refractivity contribution in [2.24, 2.45) is 5.10 Å². The molecule has 9 heteroatoms. The zero-order chi connectivity index (χ0) is 14.8. The molecule has 2 aromatic rings. The van der Waals surface area contributed by atoms with Gasteiger partial charge in [-0.05, 0) is 12.1 Å². The summed E-state index contributed by atoms with van der Waals surface area (Å²) in [4.78, 5) is 26.3. The zero-order valence-electron chi connectivity index (χ0n) is 11.6. The van der Waals surface area contributed by atoms with Gasteiger partial charge in [0.25, 0.3) is 0 Å². The van der Waals surface area contributed by atoms with Crippen molar-refractivity contribution >= 4 is 63.6 Å². The molecule has 22 heavy (non-hydrogen) atoms. The Morgan fingerprint density at radius 2 is 2.05 bits per heavy atom. The van der Waals surface area contributed by atoms with Crippen LogP contribution in [-0.2, 0) is 4.79 Å². The summed E-state index contributed by atoms with van der Waals surface area (Å²) >= 11 is 3.36. The quantitative estimate of drug-likeness (QED) is 0.504. The van der Waals surface area contributed by atoms with Gasteiger partial charge in [0.2, 0.25) is 11.8 Å². The van der Waals surface area contributed by atoms with Crippen LogP contribution in [0.5, 0.6) is 0 Å². The SMILES string of the molecule is O=C1CN(N=Cc2ncc(-c3ccc(Br)cc3)o2)C(=O)N1.[Na]. The van der Waals surface area contributed by atoms with E-state index in [-0.39, 0.29) is 47.9 Å². The summed E-state index contributed by atoms with van der Waals surface area (Å²) < 4.78 is 6.48. The molecular weight excluding hydrogens is 363 g/mol. The minimum absolute atomic E-state index is 0. The van der Waals surface area contributed by atoms with Crippen molar-refractivity contribution in [1.82, 2.24) is 15.3 Å². The number of imide groups is 1. The van der Waals surface area contributed by atoms with E-state index < -0.39 is 6.03 Å². The van der Waals surface area contributed by atoms with Crippen molar-refractivity contribution in [1.29, 1.82) is 0 Å². The monoisotopic (exact) mass is 371 g/mol. The third kappa shape index (κ3) is 3.83. The topological polar surface area (TPSA) is 87.8 Å². The van der Waals surface area contributed by atoms with E-state index in [4.69, 9.17) is 4.42 Å². The summed E-state index contributed by atoms with van der Waals surface area (Å²) in [6.07, 6.45) is 2.86. The Morgan fingerprint density at radius 3 is 2.68 bits per heavy atom. The van der Waals surface area contributed by atoms with Crippen molar-refractivity contribution in [3.8, 4) is 11.3 Å². The third-order valence-corrected chi connectivity index (χ3v) is 3.26. The number of hydrogen-bond acceptors (Lipinski definition) is 5. The Morgan fingerprint density at radius 1 is 1.32 bits per heavy atom. The zero-order valence-corrected chi connectivity index (χ0v) is 15.2. The molecule has 2 heterocycles. The molecule has 0 spiro atoms. The molecule has 0 unspecified atom stereocenters. The van der Waals surface area contributed by atoms with Crippen LogP contribution in [-0.4, -0.2) is 64.2 Å². The smallest absolute Gasteiger partial charge is 0.344 e. The molecule has 0 atom stereocenters. The van der Waals surface area contributed by atoms with E-state index >= 15 is 0 Å². The fourth-order valence-electron chi connectivity index (χ4n) is 1.74. The maximum Gasteiger partial charge on any atom is 0.344 e. The third-order valence-electron chi connectivity index (χ3n) is 2.73. The number of nitrogens with zero attached hydrogens (tertiary/aromatic N) is 3. The fourth-order valence-corrected chi connectivity index (χ4v) is 2.00. The molecule has 107 valence electrons. The van der Waals surface area contributed by atoms with Crippen LogP contribution < -0.4 is 5.32 Å². The Kier molecular flexibility index (Phi) is 5.52. The molecule has 1 aromatic heterocycles. The molecular formula is C13H9BrN4NaO3. The summed E-state index contributed by atoms with van der Waals surface area (Å²) in [5.74, 6) is 0.450. The summed E-state index contributed by atoms with van der Waals surface area (Å²) in [6, 6.07) is 7.00. The number of urea groups is 1. The minimum Gasteiger partial charge on any atom is -0.435 e. The number of carbonyl (C=O) groups is 2. The molecule has 0 aliphatic carbocycles. The van der Waals surface area contributed by atoms with E-state index in [1.807, 2.05) is 24.3 Å². The first-order valence-corrected chi connectivity index (χ1v) is 6.78. The van der Waals surface area contributed by atoms with E-state index in [1.165, 1.54) is 6.21 Å². The van der Waals surface area contributed by atoms with Gasteiger partial charge >= 0.3 is 6.03 Å². The summed E-state index contributed by atoms with van der Waals surface area (Å²) in [6.45, 7) is -0.102. The number of rotatable bonds is 3. The standard InChI is InChI=1S/C13H9BrN4O3.Na/c14-9-3-1-8(2-4-9)10-5-15-12(21-10)6-16-18-7-11(19)17-13(18)20;/h1-6H,7H2,(H,17,19,20);. The van der Waals surface area contributed by atoms with E-state index in [0.29, 0.717) is 5.76 Å². The number of carbonyl (C=O) groups excluding carboxylic acids is 2. The predicted molar refractivity (Wildman–Crippen MR) is 83.2 cm³/mol. The molecule has 1 radical (unpaired) electrons. The number of amides is 3. The molecule has 7 nitrogen and oxygen atoms in total. The molecule has 1 aromatic carbocycles. The van der Waals surface area contributed by atoms with Crippen LogP contribution in [0.1, 0.15) is 5.89 Å². The average molecular weight is 372 g/mol. The van der Waals surface area contributed by atoms with Gasteiger partial charge in [-0.3, -0.25) is 10.1 Å². The van der Waals surface area contributed by atoms with Crippen LogP contribution >= 0.6 is 15.9 Å². The molecule has 3 rings (SSSR count). The van der Waals surface area contributed by atoms with Crippen LogP contribution in [0.3, 0.4) is 0 Å². The van der Waals surface area contributed by atoms with Crippen LogP contribution in [0, 0.1) is 0 Å². The van der Waals surface area contributed by atoms with E-state index in [9.17, 15) is 9.59 Å². The summed E-state index contributed by atoms with van der Waals surface area (Å²) in [7, 11) is 0. The summed E-state index contributed by atoms with van der Waals surface area (Å²) in [5, 5.41) is 6.98. The Hall–Kier alpha value is -1.48. The van der Waals surface area contributed by atoms with E-state index in [1.54, 1.807) is 6.20 Å². The molecule has 1 N–H and O–H groups in total. The largest absolute Gasteiger partial charge is 0.435 e. The number of hydrazone groups is 1.